The minimum absolute atomic E-state index is 0.0744. The van der Waals surface area contributed by atoms with Gasteiger partial charge >= 0.3 is 0 Å². The van der Waals surface area contributed by atoms with Crippen LogP contribution < -0.4 is 5.32 Å². The molecule has 0 radical (unpaired) electrons. The van der Waals surface area contributed by atoms with Gasteiger partial charge in [0.15, 0.2) is 0 Å². The summed E-state index contributed by atoms with van der Waals surface area (Å²) in [5, 5.41) is 12.8. The number of fused-ring (bicyclic) bond motifs is 1. The van der Waals surface area contributed by atoms with Crippen molar-refractivity contribution in [1.29, 1.82) is 0 Å². The standard InChI is InChI=1S/C15H18FNO2/c16-12-8-13-10(4-5-15(19)17-13)7-11(12)14(18)6-9-2-1-3-9/h7-9,14,18H,1-6H2,(H,17,19). The molecular formula is C15H18FNO2. The summed E-state index contributed by atoms with van der Waals surface area (Å²) in [4.78, 5) is 11.3. The summed E-state index contributed by atoms with van der Waals surface area (Å²) in [5.41, 5.74) is 1.85. The van der Waals surface area contributed by atoms with Gasteiger partial charge in [0.2, 0.25) is 5.91 Å². The van der Waals surface area contributed by atoms with E-state index in [4.69, 9.17) is 0 Å². The zero-order valence-corrected chi connectivity index (χ0v) is 10.8. The second-order valence-electron chi connectivity index (χ2n) is 5.63. The smallest absolute Gasteiger partial charge is 0.224 e. The zero-order valence-electron chi connectivity index (χ0n) is 10.8. The maximum atomic E-state index is 14.0. The Labute approximate surface area is 111 Å². The predicted octanol–water partition coefficient (Wildman–Crippen LogP) is 2.93. The third-order valence-corrected chi connectivity index (χ3v) is 4.26. The molecule has 19 heavy (non-hydrogen) atoms. The number of benzene rings is 1. The summed E-state index contributed by atoms with van der Waals surface area (Å²) >= 11 is 0. The maximum absolute atomic E-state index is 14.0. The van der Waals surface area contributed by atoms with Crippen molar-refractivity contribution in [3.63, 3.8) is 0 Å². The lowest BCUT2D eigenvalue weighted by Crippen LogP contribution is -2.20. The van der Waals surface area contributed by atoms with Gasteiger partial charge in [-0.25, -0.2) is 4.39 Å². The van der Waals surface area contributed by atoms with Crippen LogP contribution in [0.15, 0.2) is 12.1 Å². The number of nitrogens with one attached hydrogen (secondary N) is 1. The average Bonchev–Trinajstić information content (AvgIpc) is 2.32. The summed E-state index contributed by atoms with van der Waals surface area (Å²) in [7, 11) is 0. The van der Waals surface area contributed by atoms with Crippen LogP contribution in [0.25, 0.3) is 0 Å². The molecule has 2 N–H and O–H groups in total. The van der Waals surface area contributed by atoms with Crippen LogP contribution >= 0.6 is 0 Å². The van der Waals surface area contributed by atoms with Crippen molar-refractivity contribution in [2.45, 2.75) is 44.6 Å². The van der Waals surface area contributed by atoms with Gasteiger partial charge in [-0.05, 0) is 36.5 Å². The fourth-order valence-corrected chi connectivity index (χ4v) is 2.85. The Morgan fingerprint density at radius 2 is 2.16 bits per heavy atom. The van der Waals surface area contributed by atoms with Crippen LogP contribution in [0.4, 0.5) is 10.1 Å². The molecule has 3 nitrogen and oxygen atoms in total. The summed E-state index contributed by atoms with van der Waals surface area (Å²) in [6, 6.07) is 3.05. The summed E-state index contributed by atoms with van der Waals surface area (Å²) in [6.07, 6.45) is 4.45. The fourth-order valence-electron chi connectivity index (χ4n) is 2.85. The number of anilines is 1. The largest absolute Gasteiger partial charge is 0.388 e. The number of rotatable bonds is 3. The van der Waals surface area contributed by atoms with Crippen LogP contribution in [0.2, 0.25) is 0 Å². The van der Waals surface area contributed by atoms with Crippen molar-refractivity contribution >= 4 is 11.6 Å². The molecule has 1 amide bonds. The number of hydrogen-bond donors (Lipinski definition) is 2. The monoisotopic (exact) mass is 263 g/mol. The van der Waals surface area contributed by atoms with Gasteiger partial charge in [-0.15, -0.1) is 0 Å². The molecule has 3 rings (SSSR count). The molecule has 1 saturated carbocycles. The highest BCUT2D eigenvalue weighted by Crippen LogP contribution is 2.37. The van der Waals surface area contributed by atoms with Crippen molar-refractivity contribution in [1.82, 2.24) is 0 Å². The molecule has 1 aromatic carbocycles. The minimum atomic E-state index is -0.728. The quantitative estimate of drug-likeness (QED) is 0.881. The number of halogens is 1. The SMILES string of the molecule is O=C1CCc2cc(C(O)CC3CCC3)c(F)cc2N1. The first-order chi connectivity index (χ1) is 9.13. The molecule has 1 fully saturated rings. The molecule has 4 heteroatoms. The molecule has 0 aromatic heterocycles. The number of amides is 1. The van der Waals surface area contributed by atoms with E-state index >= 15 is 0 Å². The number of carbonyl (C=O) groups excluding carboxylic acids is 1. The molecule has 1 aliphatic heterocycles. The van der Waals surface area contributed by atoms with Gasteiger partial charge in [0.05, 0.1) is 6.10 Å². The van der Waals surface area contributed by atoms with E-state index in [2.05, 4.69) is 5.32 Å². The number of aliphatic hydroxyl groups excluding tert-OH is 1. The zero-order chi connectivity index (χ0) is 13.4. The first kappa shape index (κ1) is 12.6. The van der Waals surface area contributed by atoms with Crippen molar-refractivity contribution < 1.29 is 14.3 Å². The molecule has 102 valence electrons. The summed E-state index contributed by atoms with van der Waals surface area (Å²) < 4.78 is 14.0. The van der Waals surface area contributed by atoms with Gasteiger partial charge < -0.3 is 10.4 Å². The third-order valence-electron chi connectivity index (χ3n) is 4.26. The van der Waals surface area contributed by atoms with E-state index in [1.54, 1.807) is 6.07 Å². The number of carbonyl (C=O) groups is 1. The maximum Gasteiger partial charge on any atom is 0.224 e. The Morgan fingerprint density at radius 3 is 2.84 bits per heavy atom. The van der Waals surface area contributed by atoms with Crippen molar-refractivity contribution in [3.8, 4) is 0 Å². The van der Waals surface area contributed by atoms with Gasteiger partial charge in [-0.3, -0.25) is 4.79 Å². The number of aryl methyl sites for hydroxylation is 1. The van der Waals surface area contributed by atoms with Gasteiger partial charge in [0.25, 0.3) is 0 Å². The predicted molar refractivity (Wildman–Crippen MR) is 70.3 cm³/mol. The Kier molecular flexibility index (Phi) is 3.27. The Balaban J connectivity index is 1.83. The lowest BCUT2D eigenvalue weighted by atomic mass is 9.80. The molecule has 0 bridgehead atoms. The molecule has 0 saturated heterocycles. The third kappa shape index (κ3) is 2.50. The van der Waals surface area contributed by atoms with Crippen LogP contribution in [0.1, 0.15) is 49.3 Å². The molecule has 1 unspecified atom stereocenters. The number of hydrogen-bond acceptors (Lipinski definition) is 2. The molecule has 1 aromatic rings. The molecular weight excluding hydrogens is 245 g/mol. The van der Waals surface area contributed by atoms with Crippen molar-refractivity contribution in [2.24, 2.45) is 5.92 Å². The van der Waals surface area contributed by atoms with Crippen LogP contribution in [0.3, 0.4) is 0 Å². The van der Waals surface area contributed by atoms with Gasteiger partial charge in [0, 0.05) is 17.7 Å². The van der Waals surface area contributed by atoms with E-state index in [0.717, 1.165) is 18.4 Å². The van der Waals surface area contributed by atoms with E-state index in [1.807, 2.05) is 0 Å². The number of aliphatic hydroxyl groups is 1. The van der Waals surface area contributed by atoms with E-state index in [-0.39, 0.29) is 5.91 Å². The lowest BCUT2D eigenvalue weighted by Gasteiger charge is -2.28. The fraction of sp³-hybridized carbons (Fsp3) is 0.533. The van der Waals surface area contributed by atoms with Crippen LogP contribution in [0, 0.1) is 11.7 Å². The molecule has 1 heterocycles. The van der Waals surface area contributed by atoms with Gasteiger partial charge in [-0.1, -0.05) is 19.3 Å². The summed E-state index contributed by atoms with van der Waals surface area (Å²) in [5.74, 6) is 0.0348. The Hall–Kier alpha value is -1.42. The highest BCUT2D eigenvalue weighted by atomic mass is 19.1. The molecule has 0 spiro atoms. The van der Waals surface area contributed by atoms with Crippen LogP contribution in [0.5, 0.6) is 0 Å². The van der Waals surface area contributed by atoms with E-state index < -0.39 is 11.9 Å². The van der Waals surface area contributed by atoms with Crippen molar-refractivity contribution in [2.75, 3.05) is 5.32 Å². The van der Waals surface area contributed by atoms with Gasteiger partial charge in [0.1, 0.15) is 5.82 Å². The van der Waals surface area contributed by atoms with E-state index in [9.17, 15) is 14.3 Å². The van der Waals surface area contributed by atoms with E-state index in [1.165, 1.54) is 12.5 Å². The first-order valence-corrected chi connectivity index (χ1v) is 6.93. The highest BCUT2D eigenvalue weighted by Gasteiger charge is 2.25. The average molecular weight is 263 g/mol. The Morgan fingerprint density at radius 1 is 1.37 bits per heavy atom. The Bertz CT molecular complexity index is 511. The molecule has 2 aliphatic rings. The molecule has 1 atom stereocenters. The van der Waals surface area contributed by atoms with Crippen molar-refractivity contribution in [3.05, 3.63) is 29.1 Å². The summed E-state index contributed by atoms with van der Waals surface area (Å²) in [6.45, 7) is 0. The normalized spacial score (nSPS) is 20.4. The van der Waals surface area contributed by atoms with E-state index in [0.29, 0.717) is 36.4 Å². The minimum Gasteiger partial charge on any atom is -0.388 e. The first-order valence-electron chi connectivity index (χ1n) is 6.93. The van der Waals surface area contributed by atoms with Crippen LogP contribution in [-0.2, 0) is 11.2 Å². The second-order valence-corrected chi connectivity index (χ2v) is 5.63. The topological polar surface area (TPSA) is 49.3 Å². The lowest BCUT2D eigenvalue weighted by molar-refractivity contribution is -0.116. The van der Waals surface area contributed by atoms with Crippen LogP contribution in [-0.4, -0.2) is 11.0 Å². The van der Waals surface area contributed by atoms with Gasteiger partial charge in [-0.2, -0.15) is 0 Å². The second kappa shape index (κ2) is 4.93. The molecule has 1 aliphatic carbocycles. The highest BCUT2D eigenvalue weighted by molar-refractivity contribution is 5.93.